The molecule has 3 heterocycles. The summed E-state index contributed by atoms with van der Waals surface area (Å²) in [5.74, 6) is 0.414. The van der Waals surface area contributed by atoms with Crippen LogP contribution in [-0.4, -0.2) is 72.6 Å². The summed E-state index contributed by atoms with van der Waals surface area (Å²) >= 11 is 0. The number of hydrogen-bond donors (Lipinski definition) is 2. The van der Waals surface area contributed by atoms with Crippen LogP contribution < -0.4 is 5.32 Å². The van der Waals surface area contributed by atoms with Gasteiger partial charge in [0.05, 0.1) is 26.4 Å². The number of carbonyl (C=O) groups is 1. The lowest BCUT2D eigenvalue weighted by molar-refractivity contribution is -0.139. The molecule has 7 heteroatoms. The molecule has 0 saturated carbocycles. The molecular formula is C16H23N3O4. The van der Waals surface area contributed by atoms with E-state index in [1.54, 1.807) is 6.20 Å². The fourth-order valence-corrected chi connectivity index (χ4v) is 3.31. The molecule has 1 aromatic rings. The van der Waals surface area contributed by atoms with Crippen molar-refractivity contribution in [1.82, 2.24) is 9.88 Å². The van der Waals surface area contributed by atoms with Crippen molar-refractivity contribution in [2.24, 2.45) is 5.92 Å². The highest BCUT2D eigenvalue weighted by Crippen LogP contribution is 2.32. The van der Waals surface area contributed by atoms with Crippen molar-refractivity contribution in [3.05, 3.63) is 24.4 Å². The zero-order chi connectivity index (χ0) is 16.1. The fourth-order valence-electron chi connectivity index (χ4n) is 3.31. The first kappa shape index (κ1) is 16.2. The molecule has 0 amide bonds. The van der Waals surface area contributed by atoms with Crippen LogP contribution in [0.1, 0.15) is 6.42 Å². The topological polar surface area (TPSA) is 83.9 Å². The number of aromatic nitrogens is 1. The lowest BCUT2D eigenvalue weighted by Gasteiger charge is -2.30. The summed E-state index contributed by atoms with van der Waals surface area (Å²) in [6.45, 7) is 3.80. The Hall–Kier alpha value is -1.70. The predicted molar refractivity (Wildman–Crippen MR) is 84.4 cm³/mol. The molecule has 0 aromatic carbocycles. The molecule has 1 aromatic heterocycles. The number of rotatable bonds is 5. The quantitative estimate of drug-likeness (QED) is 0.825. The number of anilines is 1. The second-order valence-electron chi connectivity index (χ2n) is 6.32. The maximum absolute atomic E-state index is 11.0. The standard InChI is InChI=1S/C16H23N3O4/c20-15(21)9-19-5-6-22-12-16(11-19)7-13(10-23-16)8-18-14-3-1-2-4-17-14/h1-4,13H,5-12H2,(H,17,18)(H,20,21)/t13-,16-/m0/s1. The Balaban J connectivity index is 1.55. The van der Waals surface area contributed by atoms with Gasteiger partial charge in [-0.1, -0.05) is 6.07 Å². The minimum Gasteiger partial charge on any atom is -0.480 e. The second kappa shape index (κ2) is 7.25. The van der Waals surface area contributed by atoms with Gasteiger partial charge in [0.15, 0.2) is 0 Å². The number of carboxylic acids is 1. The van der Waals surface area contributed by atoms with Gasteiger partial charge in [0, 0.05) is 31.7 Å². The molecule has 7 nitrogen and oxygen atoms in total. The van der Waals surface area contributed by atoms with Crippen LogP contribution in [0.15, 0.2) is 24.4 Å². The number of ether oxygens (including phenoxy) is 2. The molecule has 0 radical (unpaired) electrons. The lowest BCUT2D eigenvalue weighted by Crippen LogP contribution is -2.45. The third-order valence-corrected chi connectivity index (χ3v) is 4.31. The maximum atomic E-state index is 11.0. The van der Waals surface area contributed by atoms with Crippen LogP contribution in [-0.2, 0) is 14.3 Å². The largest absolute Gasteiger partial charge is 0.480 e. The van der Waals surface area contributed by atoms with E-state index in [-0.39, 0.29) is 12.1 Å². The summed E-state index contributed by atoms with van der Waals surface area (Å²) in [4.78, 5) is 17.1. The van der Waals surface area contributed by atoms with Crippen molar-refractivity contribution in [3.8, 4) is 0 Å². The van der Waals surface area contributed by atoms with Crippen molar-refractivity contribution in [3.63, 3.8) is 0 Å². The normalized spacial score (nSPS) is 28.6. The summed E-state index contributed by atoms with van der Waals surface area (Å²) in [5.41, 5.74) is -0.386. The fraction of sp³-hybridized carbons (Fsp3) is 0.625. The van der Waals surface area contributed by atoms with Gasteiger partial charge < -0.3 is 19.9 Å². The molecule has 0 bridgehead atoms. The monoisotopic (exact) mass is 321 g/mol. The molecular weight excluding hydrogens is 298 g/mol. The smallest absolute Gasteiger partial charge is 0.317 e. The van der Waals surface area contributed by atoms with Crippen LogP contribution >= 0.6 is 0 Å². The van der Waals surface area contributed by atoms with E-state index in [1.165, 1.54) is 0 Å². The van der Waals surface area contributed by atoms with E-state index in [0.29, 0.717) is 38.8 Å². The van der Waals surface area contributed by atoms with Crippen LogP contribution in [0.5, 0.6) is 0 Å². The number of nitrogens with one attached hydrogen (secondary N) is 1. The highest BCUT2D eigenvalue weighted by molar-refractivity contribution is 5.69. The van der Waals surface area contributed by atoms with E-state index in [9.17, 15) is 4.79 Å². The van der Waals surface area contributed by atoms with Crippen molar-refractivity contribution in [2.45, 2.75) is 12.0 Å². The molecule has 2 N–H and O–H groups in total. The number of carboxylic acid groups (broad SMARTS) is 1. The molecule has 0 aliphatic carbocycles. The van der Waals surface area contributed by atoms with Gasteiger partial charge in [-0.3, -0.25) is 9.69 Å². The Morgan fingerprint density at radius 1 is 1.52 bits per heavy atom. The average Bonchev–Trinajstić information content (AvgIpc) is 2.82. The summed E-state index contributed by atoms with van der Waals surface area (Å²) in [7, 11) is 0. The molecule has 3 rings (SSSR count). The number of aliphatic carboxylic acids is 1. The van der Waals surface area contributed by atoms with Gasteiger partial charge in [-0.15, -0.1) is 0 Å². The molecule has 2 fully saturated rings. The third-order valence-electron chi connectivity index (χ3n) is 4.31. The average molecular weight is 321 g/mol. The SMILES string of the molecule is O=C(O)CN1CCOC[C@]2(C[C@@H](CNc3ccccn3)CO2)C1. The van der Waals surface area contributed by atoms with E-state index >= 15 is 0 Å². The van der Waals surface area contributed by atoms with Crippen LogP contribution in [0, 0.1) is 5.92 Å². The Labute approximate surface area is 135 Å². The van der Waals surface area contributed by atoms with Gasteiger partial charge in [-0.2, -0.15) is 0 Å². The maximum Gasteiger partial charge on any atom is 0.317 e. The predicted octanol–water partition coefficient (Wildman–Crippen LogP) is 0.686. The van der Waals surface area contributed by atoms with Crippen molar-refractivity contribution in [2.75, 3.05) is 51.3 Å². The molecule has 0 unspecified atom stereocenters. The van der Waals surface area contributed by atoms with Gasteiger partial charge in [-0.05, 0) is 18.6 Å². The Kier molecular flexibility index (Phi) is 5.09. The van der Waals surface area contributed by atoms with E-state index in [2.05, 4.69) is 10.3 Å². The first-order valence-electron chi connectivity index (χ1n) is 7.96. The van der Waals surface area contributed by atoms with Crippen molar-refractivity contribution in [1.29, 1.82) is 0 Å². The van der Waals surface area contributed by atoms with Gasteiger partial charge in [0.1, 0.15) is 11.4 Å². The van der Waals surface area contributed by atoms with E-state index in [1.807, 2.05) is 23.1 Å². The Morgan fingerprint density at radius 2 is 2.43 bits per heavy atom. The van der Waals surface area contributed by atoms with E-state index in [4.69, 9.17) is 14.6 Å². The second-order valence-corrected chi connectivity index (χ2v) is 6.32. The highest BCUT2D eigenvalue weighted by atomic mass is 16.5. The van der Waals surface area contributed by atoms with Gasteiger partial charge in [0.25, 0.3) is 0 Å². The molecule has 2 saturated heterocycles. The molecule has 1 spiro atoms. The van der Waals surface area contributed by atoms with Crippen LogP contribution in [0.25, 0.3) is 0 Å². The van der Waals surface area contributed by atoms with Crippen molar-refractivity contribution >= 4 is 11.8 Å². The zero-order valence-electron chi connectivity index (χ0n) is 13.1. The molecule has 2 atom stereocenters. The summed E-state index contributed by atoms with van der Waals surface area (Å²) < 4.78 is 11.7. The van der Waals surface area contributed by atoms with Crippen LogP contribution in [0.3, 0.4) is 0 Å². The van der Waals surface area contributed by atoms with Crippen molar-refractivity contribution < 1.29 is 19.4 Å². The van der Waals surface area contributed by atoms with E-state index < -0.39 is 5.97 Å². The first-order valence-corrected chi connectivity index (χ1v) is 7.96. The van der Waals surface area contributed by atoms with Gasteiger partial charge >= 0.3 is 5.97 Å². The van der Waals surface area contributed by atoms with Gasteiger partial charge in [0.2, 0.25) is 0 Å². The number of hydrogen-bond acceptors (Lipinski definition) is 6. The minimum absolute atomic E-state index is 0.0331. The van der Waals surface area contributed by atoms with E-state index in [0.717, 1.165) is 18.8 Å². The van der Waals surface area contributed by atoms with Crippen LogP contribution in [0.4, 0.5) is 5.82 Å². The summed E-state index contributed by atoms with van der Waals surface area (Å²) in [5, 5.41) is 12.3. The molecule has 2 aliphatic heterocycles. The summed E-state index contributed by atoms with van der Waals surface area (Å²) in [6, 6.07) is 5.78. The number of nitrogens with zero attached hydrogens (tertiary/aromatic N) is 2. The molecule has 126 valence electrons. The summed E-state index contributed by atoms with van der Waals surface area (Å²) in [6.07, 6.45) is 2.63. The van der Waals surface area contributed by atoms with Crippen LogP contribution in [0.2, 0.25) is 0 Å². The number of pyridine rings is 1. The Bertz CT molecular complexity index is 527. The first-order chi connectivity index (χ1) is 11.2. The highest BCUT2D eigenvalue weighted by Gasteiger charge is 2.43. The van der Waals surface area contributed by atoms with Gasteiger partial charge in [-0.25, -0.2) is 4.98 Å². The third kappa shape index (κ3) is 4.40. The Morgan fingerprint density at radius 3 is 3.22 bits per heavy atom. The lowest BCUT2D eigenvalue weighted by atomic mass is 9.94. The molecule has 23 heavy (non-hydrogen) atoms. The molecule has 2 aliphatic rings. The minimum atomic E-state index is -0.812. The zero-order valence-corrected chi connectivity index (χ0v) is 13.1.